The van der Waals surface area contributed by atoms with Gasteiger partial charge in [0, 0.05) is 11.8 Å². The Morgan fingerprint density at radius 2 is 2.00 bits per heavy atom. The monoisotopic (exact) mass is 228 g/mol. The summed E-state index contributed by atoms with van der Waals surface area (Å²) in [7, 11) is 0. The van der Waals surface area contributed by atoms with Gasteiger partial charge in [-0.2, -0.15) is 5.10 Å². The lowest BCUT2D eigenvalue weighted by atomic mass is 10.1. The Bertz CT molecular complexity index is 540. The van der Waals surface area contributed by atoms with Crippen molar-refractivity contribution in [3.63, 3.8) is 0 Å². The molecule has 1 aromatic heterocycles. The first kappa shape index (κ1) is 11.4. The molecule has 0 bridgehead atoms. The van der Waals surface area contributed by atoms with E-state index in [4.69, 9.17) is 11.1 Å². The summed E-state index contributed by atoms with van der Waals surface area (Å²) in [5.41, 5.74) is 8.13. The molecule has 4 nitrogen and oxygen atoms in total. The first-order chi connectivity index (χ1) is 8.09. The molecule has 2 rings (SSSR count). The minimum absolute atomic E-state index is 0.0576. The first-order valence-corrected chi connectivity index (χ1v) is 5.59. The second-order valence-electron chi connectivity index (χ2n) is 4.27. The molecule has 3 N–H and O–H groups in total. The first-order valence-electron chi connectivity index (χ1n) is 5.59. The van der Waals surface area contributed by atoms with E-state index in [0.717, 1.165) is 11.4 Å². The third-order valence-electron chi connectivity index (χ3n) is 2.64. The molecule has 0 saturated heterocycles. The predicted molar refractivity (Wildman–Crippen MR) is 68.7 cm³/mol. The maximum absolute atomic E-state index is 7.55. The van der Waals surface area contributed by atoms with Crippen LogP contribution in [0.2, 0.25) is 0 Å². The van der Waals surface area contributed by atoms with Gasteiger partial charge in [0.2, 0.25) is 0 Å². The number of aromatic nitrogens is 2. The maximum Gasteiger partial charge on any atom is 0.124 e. The Labute approximate surface area is 101 Å². The van der Waals surface area contributed by atoms with Crippen LogP contribution < -0.4 is 5.73 Å². The number of hydrogen-bond donors (Lipinski definition) is 2. The number of nitrogens with zero attached hydrogens (tertiary/aromatic N) is 2. The number of hydrogen-bond acceptors (Lipinski definition) is 2. The molecule has 0 atom stereocenters. The second-order valence-corrected chi connectivity index (χ2v) is 4.27. The van der Waals surface area contributed by atoms with Crippen LogP contribution in [0.1, 0.15) is 31.0 Å². The highest BCUT2D eigenvalue weighted by molar-refractivity contribution is 5.98. The number of nitrogen functional groups attached to an aromatic ring is 1. The second kappa shape index (κ2) is 4.41. The average Bonchev–Trinajstić information content (AvgIpc) is 2.78. The maximum atomic E-state index is 7.55. The van der Waals surface area contributed by atoms with Crippen LogP contribution in [0, 0.1) is 5.41 Å². The van der Waals surface area contributed by atoms with Crippen LogP contribution in [-0.4, -0.2) is 15.6 Å². The van der Waals surface area contributed by atoms with Crippen molar-refractivity contribution < 1.29 is 0 Å². The molecule has 0 aliphatic rings. The standard InChI is InChI=1S/C13H16N4/c1-9(2)11-7-8-17(16-11)12-6-4-3-5-10(12)13(14)15/h3-9H,1-2H3,(H3,14,15). The van der Waals surface area contributed by atoms with Crippen molar-refractivity contribution in [1.29, 1.82) is 5.41 Å². The summed E-state index contributed by atoms with van der Waals surface area (Å²) in [5, 5.41) is 12.0. The van der Waals surface area contributed by atoms with Gasteiger partial charge in [0.25, 0.3) is 0 Å². The fourth-order valence-corrected chi connectivity index (χ4v) is 1.68. The average molecular weight is 228 g/mol. The van der Waals surface area contributed by atoms with E-state index in [1.165, 1.54) is 0 Å². The van der Waals surface area contributed by atoms with Gasteiger partial charge in [-0.1, -0.05) is 26.0 Å². The van der Waals surface area contributed by atoms with E-state index < -0.39 is 0 Å². The zero-order valence-electron chi connectivity index (χ0n) is 10.0. The number of rotatable bonds is 3. The molecule has 0 fully saturated rings. The van der Waals surface area contributed by atoms with Crippen molar-refractivity contribution in [1.82, 2.24) is 9.78 Å². The Morgan fingerprint density at radius 3 is 2.59 bits per heavy atom. The number of nitrogens with one attached hydrogen (secondary N) is 1. The van der Waals surface area contributed by atoms with Crippen LogP contribution in [0.25, 0.3) is 5.69 Å². The molecule has 0 radical (unpaired) electrons. The van der Waals surface area contributed by atoms with Gasteiger partial charge in [-0.05, 0) is 24.1 Å². The van der Waals surface area contributed by atoms with E-state index in [1.807, 2.05) is 36.5 Å². The summed E-state index contributed by atoms with van der Waals surface area (Å²) in [4.78, 5) is 0. The van der Waals surface area contributed by atoms with Crippen molar-refractivity contribution in [2.24, 2.45) is 5.73 Å². The largest absolute Gasteiger partial charge is 0.384 e. The van der Waals surface area contributed by atoms with Crippen molar-refractivity contribution in [2.75, 3.05) is 0 Å². The van der Waals surface area contributed by atoms with Crippen molar-refractivity contribution in [2.45, 2.75) is 19.8 Å². The number of para-hydroxylation sites is 1. The molecule has 2 aromatic rings. The van der Waals surface area contributed by atoms with E-state index in [-0.39, 0.29) is 5.84 Å². The molecule has 1 heterocycles. The van der Waals surface area contributed by atoms with Gasteiger partial charge < -0.3 is 5.73 Å². The summed E-state index contributed by atoms with van der Waals surface area (Å²) in [6.45, 7) is 4.20. The van der Waals surface area contributed by atoms with E-state index >= 15 is 0 Å². The van der Waals surface area contributed by atoms with E-state index in [1.54, 1.807) is 4.68 Å². The highest BCUT2D eigenvalue weighted by Crippen LogP contribution is 2.16. The predicted octanol–water partition coefficient (Wildman–Crippen LogP) is 2.28. The minimum Gasteiger partial charge on any atom is -0.384 e. The molecule has 0 amide bonds. The third kappa shape index (κ3) is 2.20. The van der Waals surface area contributed by atoms with Gasteiger partial charge in [0.15, 0.2) is 0 Å². The molecule has 88 valence electrons. The Morgan fingerprint density at radius 1 is 1.29 bits per heavy atom. The van der Waals surface area contributed by atoms with E-state index in [9.17, 15) is 0 Å². The fraction of sp³-hybridized carbons (Fsp3) is 0.231. The van der Waals surface area contributed by atoms with Gasteiger partial charge >= 0.3 is 0 Å². The van der Waals surface area contributed by atoms with Gasteiger partial charge in [-0.25, -0.2) is 4.68 Å². The molecule has 4 heteroatoms. The Hall–Kier alpha value is -2.10. The SMILES string of the molecule is CC(C)c1ccn(-c2ccccc2C(=N)N)n1. The van der Waals surface area contributed by atoms with Crippen LogP contribution >= 0.6 is 0 Å². The van der Waals surface area contributed by atoms with Crippen LogP contribution in [0.15, 0.2) is 36.5 Å². The van der Waals surface area contributed by atoms with Crippen LogP contribution in [0.4, 0.5) is 0 Å². The topological polar surface area (TPSA) is 67.7 Å². The molecule has 0 aliphatic heterocycles. The van der Waals surface area contributed by atoms with E-state index in [2.05, 4.69) is 18.9 Å². The number of benzene rings is 1. The smallest absolute Gasteiger partial charge is 0.124 e. The zero-order valence-corrected chi connectivity index (χ0v) is 10.0. The quantitative estimate of drug-likeness (QED) is 0.625. The summed E-state index contributed by atoms with van der Waals surface area (Å²) < 4.78 is 1.77. The molecule has 17 heavy (non-hydrogen) atoms. The molecule has 0 unspecified atom stereocenters. The Balaban J connectivity index is 2.49. The molecule has 0 spiro atoms. The van der Waals surface area contributed by atoms with Gasteiger partial charge in [-0.15, -0.1) is 0 Å². The lowest BCUT2D eigenvalue weighted by Gasteiger charge is -2.07. The summed E-state index contributed by atoms with van der Waals surface area (Å²) in [6, 6.07) is 9.51. The minimum atomic E-state index is 0.0576. The van der Waals surface area contributed by atoms with Gasteiger partial charge in [-0.3, -0.25) is 5.41 Å². The highest BCUT2D eigenvalue weighted by Gasteiger charge is 2.09. The lowest BCUT2D eigenvalue weighted by molar-refractivity contribution is 0.768. The summed E-state index contributed by atoms with van der Waals surface area (Å²) in [6.07, 6.45) is 1.90. The molecular formula is C13H16N4. The van der Waals surface area contributed by atoms with Gasteiger partial charge in [0.05, 0.1) is 11.4 Å². The molecule has 1 aromatic carbocycles. The van der Waals surface area contributed by atoms with Crippen LogP contribution in [-0.2, 0) is 0 Å². The van der Waals surface area contributed by atoms with E-state index in [0.29, 0.717) is 11.5 Å². The molecule has 0 aliphatic carbocycles. The van der Waals surface area contributed by atoms with Crippen molar-refractivity contribution >= 4 is 5.84 Å². The third-order valence-corrected chi connectivity index (χ3v) is 2.64. The van der Waals surface area contributed by atoms with Crippen molar-refractivity contribution in [3.8, 4) is 5.69 Å². The lowest BCUT2D eigenvalue weighted by Crippen LogP contribution is -2.14. The molecule has 0 saturated carbocycles. The van der Waals surface area contributed by atoms with Gasteiger partial charge in [0.1, 0.15) is 5.84 Å². The van der Waals surface area contributed by atoms with Crippen LogP contribution in [0.3, 0.4) is 0 Å². The summed E-state index contributed by atoms with van der Waals surface area (Å²) in [5.74, 6) is 0.447. The van der Waals surface area contributed by atoms with Crippen molar-refractivity contribution in [3.05, 3.63) is 47.8 Å². The zero-order chi connectivity index (χ0) is 12.4. The van der Waals surface area contributed by atoms with Crippen LogP contribution in [0.5, 0.6) is 0 Å². The normalized spacial score (nSPS) is 10.8. The fourth-order valence-electron chi connectivity index (χ4n) is 1.68. The Kier molecular flexibility index (Phi) is 2.95. The summed E-state index contributed by atoms with van der Waals surface area (Å²) >= 11 is 0. The highest BCUT2D eigenvalue weighted by atomic mass is 15.3. The number of amidine groups is 1. The molecular weight excluding hydrogens is 212 g/mol. The number of nitrogens with two attached hydrogens (primary N) is 1.